The number of fused-ring (bicyclic) bond motifs is 2. The molecule has 118 valence electrons. The van der Waals surface area contributed by atoms with E-state index in [4.69, 9.17) is 21.7 Å². The van der Waals surface area contributed by atoms with E-state index in [1.165, 1.54) is 11.1 Å². The minimum atomic E-state index is 0.730. The SMILES string of the molecule is Clc1ccc(-c2cn3nc(N4Cc5ccccc5C4)sc3n2)cc1. The predicted octanol–water partition coefficient (Wildman–Crippen LogP) is 4.63. The number of nitrogens with zero attached hydrogens (tertiary/aromatic N) is 4. The fourth-order valence-electron chi connectivity index (χ4n) is 3.05. The second-order valence-corrected chi connectivity index (χ2v) is 7.24. The lowest BCUT2D eigenvalue weighted by Crippen LogP contribution is -2.14. The zero-order chi connectivity index (χ0) is 16.1. The second-order valence-electron chi connectivity index (χ2n) is 5.87. The standard InChI is InChI=1S/C18H13ClN4S/c19-15-7-5-12(6-8-15)16-11-23-17(20-16)24-18(21-23)22-9-13-3-1-2-4-14(13)10-22/h1-8,11H,9-10H2. The first-order chi connectivity index (χ1) is 11.8. The molecule has 6 heteroatoms. The van der Waals surface area contributed by atoms with Gasteiger partial charge in [0.2, 0.25) is 10.1 Å². The Kier molecular flexibility index (Phi) is 3.11. The molecule has 0 radical (unpaired) electrons. The Morgan fingerprint density at radius 3 is 2.33 bits per heavy atom. The van der Waals surface area contributed by atoms with Crippen molar-refractivity contribution >= 4 is 33.0 Å². The highest BCUT2D eigenvalue weighted by Gasteiger charge is 2.22. The molecular weight excluding hydrogens is 340 g/mol. The van der Waals surface area contributed by atoms with E-state index in [0.29, 0.717) is 0 Å². The van der Waals surface area contributed by atoms with E-state index in [1.54, 1.807) is 11.3 Å². The Balaban J connectivity index is 1.46. The minimum Gasteiger partial charge on any atom is -0.338 e. The van der Waals surface area contributed by atoms with Crippen LogP contribution in [0.15, 0.2) is 54.7 Å². The highest BCUT2D eigenvalue weighted by molar-refractivity contribution is 7.20. The first-order valence-corrected chi connectivity index (χ1v) is 8.89. The maximum Gasteiger partial charge on any atom is 0.214 e. The molecule has 0 bridgehead atoms. The monoisotopic (exact) mass is 352 g/mol. The van der Waals surface area contributed by atoms with Crippen molar-refractivity contribution < 1.29 is 0 Å². The third-order valence-corrected chi connectivity index (χ3v) is 5.52. The molecule has 4 aromatic rings. The van der Waals surface area contributed by atoms with Gasteiger partial charge in [-0.05, 0) is 23.3 Å². The number of rotatable bonds is 2. The average molecular weight is 353 g/mol. The highest BCUT2D eigenvalue weighted by Crippen LogP contribution is 2.32. The van der Waals surface area contributed by atoms with Gasteiger partial charge in [-0.25, -0.2) is 9.50 Å². The summed E-state index contributed by atoms with van der Waals surface area (Å²) in [5, 5.41) is 6.45. The van der Waals surface area contributed by atoms with Crippen molar-refractivity contribution in [2.45, 2.75) is 13.1 Å². The Morgan fingerprint density at radius 2 is 1.67 bits per heavy atom. The number of imidazole rings is 1. The topological polar surface area (TPSA) is 33.4 Å². The van der Waals surface area contributed by atoms with Gasteiger partial charge in [0.15, 0.2) is 0 Å². The van der Waals surface area contributed by atoms with Gasteiger partial charge in [0.05, 0.1) is 11.9 Å². The highest BCUT2D eigenvalue weighted by atomic mass is 35.5. The molecule has 0 saturated carbocycles. The van der Waals surface area contributed by atoms with E-state index in [1.807, 2.05) is 35.0 Å². The van der Waals surface area contributed by atoms with Gasteiger partial charge in [-0.15, -0.1) is 5.10 Å². The first kappa shape index (κ1) is 14.0. The maximum absolute atomic E-state index is 5.95. The van der Waals surface area contributed by atoms with Crippen molar-refractivity contribution in [1.82, 2.24) is 14.6 Å². The second kappa shape index (κ2) is 5.33. The Labute approximate surface area is 147 Å². The van der Waals surface area contributed by atoms with Gasteiger partial charge < -0.3 is 4.90 Å². The smallest absolute Gasteiger partial charge is 0.214 e. The molecule has 0 N–H and O–H groups in total. The lowest BCUT2D eigenvalue weighted by Gasteiger charge is -2.11. The largest absolute Gasteiger partial charge is 0.338 e. The number of anilines is 1. The van der Waals surface area contributed by atoms with Crippen LogP contribution in [-0.2, 0) is 13.1 Å². The summed E-state index contributed by atoms with van der Waals surface area (Å²) in [6, 6.07) is 16.3. The van der Waals surface area contributed by atoms with Crippen molar-refractivity contribution in [3.63, 3.8) is 0 Å². The molecule has 1 aliphatic rings. The average Bonchev–Trinajstić information content (AvgIpc) is 3.27. The predicted molar refractivity (Wildman–Crippen MR) is 97.6 cm³/mol. The van der Waals surface area contributed by atoms with Crippen LogP contribution in [0.1, 0.15) is 11.1 Å². The summed E-state index contributed by atoms with van der Waals surface area (Å²) in [6.07, 6.45) is 1.97. The van der Waals surface area contributed by atoms with Gasteiger partial charge in [-0.2, -0.15) is 0 Å². The zero-order valence-electron chi connectivity index (χ0n) is 12.7. The fraction of sp³-hybridized carbons (Fsp3) is 0.111. The molecule has 4 nitrogen and oxygen atoms in total. The van der Waals surface area contributed by atoms with E-state index < -0.39 is 0 Å². The molecule has 2 aromatic heterocycles. The number of aromatic nitrogens is 3. The third kappa shape index (κ3) is 2.28. The fourth-order valence-corrected chi connectivity index (χ4v) is 4.05. The van der Waals surface area contributed by atoms with Gasteiger partial charge >= 0.3 is 0 Å². The first-order valence-electron chi connectivity index (χ1n) is 7.70. The van der Waals surface area contributed by atoms with Crippen molar-refractivity contribution in [3.8, 4) is 11.3 Å². The van der Waals surface area contributed by atoms with Gasteiger partial charge in [0, 0.05) is 23.7 Å². The van der Waals surface area contributed by atoms with Crippen LogP contribution in [0.25, 0.3) is 16.2 Å². The van der Waals surface area contributed by atoms with Gasteiger partial charge in [0.25, 0.3) is 0 Å². The van der Waals surface area contributed by atoms with Crippen LogP contribution in [0.4, 0.5) is 5.13 Å². The Morgan fingerprint density at radius 1 is 0.958 bits per heavy atom. The van der Waals surface area contributed by atoms with E-state index >= 15 is 0 Å². The number of hydrogen-bond donors (Lipinski definition) is 0. The summed E-state index contributed by atoms with van der Waals surface area (Å²) in [4.78, 5) is 7.91. The molecule has 1 aliphatic heterocycles. The van der Waals surface area contributed by atoms with Crippen molar-refractivity contribution in [1.29, 1.82) is 0 Å². The van der Waals surface area contributed by atoms with Crippen LogP contribution in [0.3, 0.4) is 0 Å². The molecule has 0 spiro atoms. The molecule has 2 aromatic carbocycles. The summed E-state index contributed by atoms with van der Waals surface area (Å²) in [6.45, 7) is 1.83. The van der Waals surface area contributed by atoms with Crippen LogP contribution in [-0.4, -0.2) is 14.6 Å². The molecule has 0 aliphatic carbocycles. The van der Waals surface area contributed by atoms with E-state index in [0.717, 1.165) is 39.5 Å². The zero-order valence-corrected chi connectivity index (χ0v) is 14.3. The molecule has 3 heterocycles. The molecule has 0 amide bonds. The molecule has 24 heavy (non-hydrogen) atoms. The van der Waals surface area contributed by atoms with Crippen LogP contribution in [0.5, 0.6) is 0 Å². The van der Waals surface area contributed by atoms with Crippen molar-refractivity contribution in [2.24, 2.45) is 0 Å². The van der Waals surface area contributed by atoms with Crippen molar-refractivity contribution in [3.05, 3.63) is 70.9 Å². The summed E-state index contributed by atoms with van der Waals surface area (Å²) >= 11 is 7.57. The molecule has 0 unspecified atom stereocenters. The van der Waals surface area contributed by atoms with Crippen LogP contribution >= 0.6 is 22.9 Å². The summed E-state index contributed by atoms with van der Waals surface area (Å²) in [5.41, 5.74) is 4.73. The van der Waals surface area contributed by atoms with E-state index in [9.17, 15) is 0 Å². The van der Waals surface area contributed by atoms with E-state index in [-0.39, 0.29) is 0 Å². The number of halogens is 1. The maximum atomic E-state index is 5.95. The molecular formula is C18H13ClN4S. The lowest BCUT2D eigenvalue weighted by atomic mass is 10.1. The Bertz CT molecular complexity index is 978. The summed E-state index contributed by atoms with van der Waals surface area (Å²) in [7, 11) is 0. The molecule has 5 rings (SSSR count). The minimum absolute atomic E-state index is 0.730. The number of benzene rings is 2. The lowest BCUT2D eigenvalue weighted by molar-refractivity contribution is 0.839. The molecule has 0 fully saturated rings. The van der Waals surface area contributed by atoms with Crippen LogP contribution < -0.4 is 4.90 Å². The number of hydrogen-bond acceptors (Lipinski definition) is 4. The quantitative estimate of drug-likeness (QED) is 0.527. The Hall–Kier alpha value is -2.37. The normalized spacial score (nSPS) is 13.6. The van der Waals surface area contributed by atoms with Crippen LogP contribution in [0.2, 0.25) is 5.02 Å². The van der Waals surface area contributed by atoms with E-state index in [2.05, 4.69) is 29.2 Å². The van der Waals surface area contributed by atoms with Gasteiger partial charge in [-0.3, -0.25) is 0 Å². The summed E-state index contributed by atoms with van der Waals surface area (Å²) < 4.78 is 1.87. The molecule has 0 saturated heterocycles. The summed E-state index contributed by atoms with van der Waals surface area (Å²) in [5.74, 6) is 0. The van der Waals surface area contributed by atoms with Gasteiger partial charge in [-0.1, -0.05) is 59.3 Å². The van der Waals surface area contributed by atoms with Crippen molar-refractivity contribution in [2.75, 3.05) is 4.90 Å². The molecule has 0 atom stereocenters. The van der Waals surface area contributed by atoms with Gasteiger partial charge in [0.1, 0.15) is 0 Å². The van der Waals surface area contributed by atoms with Crippen LogP contribution in [0, 0.1) is 0 Å². The third-order valence-electron chi connectivity index (χ3n) is 4.28.